The van der Waals surface area contributed by atoms with E-state index in [9.17, 15) is 24.6 Å². The smallest absolute Gasteiger partial charge is 0.504 e. The van der Waals surface area contributed by atoms with Crippen molar-refractivity contribution in [3.05, 3.63) is 95.1 Å². The molecule has 8 heteroatoms. The Labute approximate surface area is 177 Å². The summed E-state index contributed by atoms with van der Waals surface area (Å²) in [5.41, 5.74) is 0.255. The van der Waals surface area contributed by atoms with Crippen molar-refractivity contribution < 1.29 is 38.8 Å². The van der Waals surface area contributed by atoms with Crippen LogP contribution in [0.25, 0.3) is 0 Å². The number of aromatic carboxylic acids is 1. The summed E-state index contributed by atoms with van der Waals surface area (Å²) in [6, 6.07) is 19.5. The van der Waals surface area contributed by atoms with E-state index >= 15 is 0 Å². The number of carbonyl (C=O) groups excluding carboxylic acids is 2. The van der Waals surface area contributed by atoms with Crippen molar-refractivity contribution in [2.24, 2.45) is 0 Å². The SMILES string of the molecule is O=C(OCc1ccccc1)Oc1c(O)ccc(C(=O)O)c1C(=O)OCc1ccccc1. The van der Waals surface area contributed by atoms with E-state index in [1.165, 1.54) is 0 Å². The summed E-state index contributed by atoms with van der Waals surface area (Å²) in [6.07, 6.45) is -1.22. The van der Waals surface area contributed by atoms with E-state index in [-0.39, 0.29) is 13.2 Å². The Hall–Kier alpha value is -4.33. The fourth-order valence-corrected chi connectivity index (χ4v) is 2.68. The third-order valence-electron chi connectivity index (χ3n) is 4.17. The summed E-state index contributed by atoms with van der Waals surface area (Å²) in [5.74, 6) is -3.82. The molecule has 0 aliphatic carbocycles. The van der Waals surface area contributed by atoms with Gasteiger partial charge in [0.05, 0.1) is 5.56 Å². The quantitative estimate of drug-likeness (QED) is 0.430. The van der Waals surface area contributed by atoms with Crippen LogP contribution >= 0.6 is 0 Å². The van der Waals surface area contributed by atoms with Gasteiger partial charge in [0.1, 0.15) is 18.8 Å². The van der Waals surface area contributed by atoms with E-state index in [0.717, 1.165) is 12.1 Å². The van der Waals surface area contributed by atoms with Gasteiger partial charge >= 0.3 is 18.1 Å². The molecule has 0 amide bonds. The number of carboxylic acid groups (broad SMARTS) is 1. The second-order valence-electron chi connectivity index (χ2n) is 6.33. The van der Waals surface area contributed by atoms with Gasteiger partial charge in [0.25, 0.3) is 0 Å². The maximum absolute atomic E-state index is 12.6. The third-order valence-corrected chi connectivity index (χ3v) is 4.17. The number of carbonyl (C=O) groups is 3. The predicted octanol–water partition coefficient (Wildman–Crippen LogP) is 4.16. The Morgan fingerprint density at radius 3 is 1.84 bits per heavy atom. The number of ether oxygens (including phenoxy) is 3. The van der Waals surface area contributed by atoms with Crippen molar-refractivity contribution in [1.29, 1.82) is 0 Å². The lowest BCUT2D eigenvalue weighted by atomic mass is 10.1. The molecule has 0 spiro atoms. The first-order valence-corrected chi connectivity index (χ1v) is 9.14. The van der Waals surface area contributed by atoms with E-state index in [1.54, 1.807) is 60.7 Å². The van der Waals surface area contributed by atoms with E-state index in [2.05, 4.69) is 0 Å². The van der Waals surface area contributed by atoms with Gasteiger partial charge in [-0.2, -0.15) is 0 Å². The molecule has 0 bridgehead atoms. The van der Waals surface area contributed by atoms with Gasteiger partial charge in [-0.05, 0) is 23.3 Å². The number of aromatic hydroxyl groups is 1. The monoisotopic (exact) mass is 422 g/mol. The van der Waals surface area contributed by atoms with Gasteiger partial charge in [-0.25, -0.2) is 14.4 Å². The van der Waals surface area contributed by atoms with Crippen LogP contribution in [0.5, 0.6) is 11.5 Å². The Balaban J connectivity index is 1.81. The lowest BCUT2D eigenvalue weighted by molar-refractivity contribution is 0.0455. The molecule has 31 heavy (non-hydrogen) atoms. The average Bonchev–Trinajstić information content (AvgIpc) is 2.78. The first-order chi connectivity index (χ1) is 15.0. The van der Waals surface area contributed by atoms with Crippen molar-refractivity contribution in [2.45, 2.75) is 13.2 Å². The molecule has 8 nitrogen and oxygen atoms in total. The maximum atomic E-state index is 12.6. The normalized spacial score (nSPS) is 10.2. The van der Waals surface area contributed by atoms with Crippen molar-refractivity contribution in [3.8, 4) is 11.5 Å². The topological polar surface area (TPSA) is 119 Å². The summed E-state index contributed by atoms with van der Waals surface area (Å²) >= 11 is 0. The fraction of sp³-hybridized carbons (Fsp3) is 0.0870. The van der Waals surface area contributed by atoms with Crippen molar-refractivity contribution in [3.63, 3.8) is 0 Å². The molecule has 3 aromatic carbocycles. The summed E-state index contributed by atoms with van der Waals surface area (Å²) in [7, 11) is 0. The molecule has 0 atom stereocenters. The molecule has 2 N–H and O–H groups in total. The number of hydrogen-bond acceptors (Lipinski definition) is 7. The van der Waals surface area contributed by atoms with Gasteiger partial charge in [-0.1, -0.05) is 60.7 Å². The third kappa shape index (κ3) is 5.60. The zero-order chi connectivity index (χ0) is 22.2. The maximum Gasteiger partial charge on any atom is 0.514 e. The number of hydrogen-bond donors (Lipinski definition) is 2. The largest absolute Gasteiger partial charge is 0.514 e. The molecule has 0 radical (unpaired) electrons. The van der Waals surface area contributed by atoms with Gasteiger partial charge in [0, 0.05) is 0 Å². The predicted molar refractivity (Wildman–Crippen MR) is 108 cm³/mol. The number of phenols is 1. The molecule has 3 aromatic rings. The highest BCUT2D eigenvalue weighted by Gasteiger charge is 2.28. The van der Waals surface area contributed by atoms with E-state index in [1.807, 2.05) is 0 Å². The first kappa shape index (κ1) is 21.4. The van der Waals surface area contributed by atoms with Gasteiger partial charge in [0.2, 0.25) is 0 Å². The number of carboxylic acids is 1. The van der Waals surface area contributed by atoms with Crippen LogP contribution in [0, 0.1) is 0 Å². The zero-order valence-corrected chi connectivity index (χ0v) is 16.2. The average molecular weight is 422 g/mol. The number of phenolic OH excluding ortho intramolecular Hbond substituents is 1. The van der Waals surface area contributed by atoms with Crippen LogP contribution in [-0.4, -0.2) is 28.3 Å². The Kier molecular flexibility index (Phi) is 6.85. The van der Waals surface area contributed by atoms with E-state index in [0.29, 0.717) is 11.1 Å². The van der Waals surface area contributed by atoms with Crippen molar-refractivity contribution in [2.75, 3.05) is 0 Å². The minimum atomic E-state index is -1.46. The molecule has 0 saturated carbocycles. The van der Waals surface area contributed by atoms with Crippen LogP contribution in [-0.2, 0) is 22.7 Å². The molecule has 0 aliphatic heterocycles. The molecule has 0 fully saturated rings. The molecule has 0 unspecified atom stereocenters. The van der Waals surface area contributed by atoms with Gasteiger partial charge in [0.15, 0.2) is 11.5 Å². The van der Waals surface area contributed by atoms with Crippen LogP contribution in [0.1, 0.15) is 31.8 Å². The lowest BCUT2D eigenvalue weighted by Gasteiger charge is -2.14. The molecule has 3 rings (SSSR count). The van der Waals surface area contributed by atoms with Crippen molar-refractivity contribution in [1.82, 2.24) is 0 Å². The number of esters is 1. The standard InChI is InChI=1S/C23H18O8/c24-18-12-11-17(21(25)26)19(22(27)29-13-15-7-3-1-4-8-15)20(18)31-23(28)30-14-16-9-5-2-6-10-16/h1-12,24H,13-14H2,(H,25,26). The Morgan fingerprint density at radius 1 is 0.742 bits per heavy atom. The molecule has 0 saturated heterocycles. The minimum Gasteiger partial charge on any atom is -0.504 e. The number of rotatable bonds is 7. The van der Waals surface area contributed by atoms with Gasteiger partial charge < -0.3 is 24.4 Å². The van der Waals surface area contributed by atoms with Crippen LogP contribution in [0.4, 0.5) is 4.79 Å². The molecule has 0 heterocycles. The van der Waals surface area contributed by atoms with E-state index in [4.69, 9.17) is 14.2 Å². The van der Waals surface area contributed by atoms with Crippen LogP contribution in [0.2, 0.25) is 0 Å². The highest BCUT2D eigenvalue weighted by molar-refractivity contribution is 6.05. The van der Waals surface area contributed by atoms with E-state index < -0.39 is 40.7 Å². The van der Waals surface area contributed by atoms with Crippen molar-refractivity contribution >= 4 is 18.1 Å². The lowest BCUT2D eigenvalue weighted by Crippen LogP contribution is -2.17. The molecular formula is C23H18O8. The minimum absolute atomic E-state index is 0.118. The summed E-state index contributed by atoms with van der Waals surface area (Å²) in [6.45, 7) is -0.265. The second-order valence-corrected chi connectivity index (χ2v) is 6.33. The van der Waals surface area contributed by atoms with Gasteiger partial charge in [-0.3, -0.25) is 0 Å². The van der Waals surface area contributed by atoms with Crippen LogP contribution in [0.3, 0.4) is 0 Å². The zero-order valence-electron chi connectivity index (χ0n) is 16.2. The highest BCUT2D eigenvalue weighted by Crippen LogP contribution is 2.34. The fourth-order valence-electron chi connectivity index (χ4n) is 2.68. The summed E-state index contributed by atoms with van der Waals surface area (Å²) in [5, 5.41) is 19.6. The molecular weight excluding hydrogens is 404 g/mol. The van der Waals surface area contributed by atoms with Crippen LogP contribution in [0.15, 0.2) is 72.8 Å². The summed E-state index contributed by atoms with van der Waals surface area (Å²) in [4.78, 5) is 36.4. The molecule has 0 aliphatic rings. The van der Waals surface area contributed by atoms with Gasteiger partial charge in [-0.15, -0.1) is 0 Å². The highest BCUT2D eigenvalue weighted by atomic mass is 16.7. The summed E-state index contributed by atoms with van der Waals surface area (Å²) < 4.78 is 15.1. The van der Waals surface area contributed by atoms with Crippen LogP contribution < -0.4 is 4.74 Å². The first-order valence-electron chi connectivity index (χ1n) is 9.14. The molecule has 0 aromatic heterocycles. The number of benzene rings is 3. The Bertz CT molecular complexity index is 1080. The Morgan fingerprint density at radius 2 is 1.29 bits per heavy atom. The second kappa shape index (κ2) is 9.93. The molecule has 158 valence electrons.